The van der Waals surface area contributed by atoms with Gasteiger partial charge in [0.1, 0.15) is 11.5 Å². The predicted molar refractivity (Wildman–Crippen MR) is 138 cm³/mol. The minimum Gasteiger partial charge on any atom is -0.497 e. The van der Waals surface area contributed by atoms with Crippen LogP contribution in [0.4, 0.5) is 5.13 Å². The number of anilines is 1. The average Bonchev–Trinajstić information content (AvgIpc) is 3.52. The van der Waals surface area contributed by atoms with Crippen molar-refractivity contribution < 1.29 is 9.47 Å². The number of nitrogens with zero attached hydrogens (tertiary/aromatic N) is 3. The van der Waals surface area contributed by atoms with Crippen LogP contribution in [-0.2, 0) is 0 Å². The fraction of sp³-hybridized carbons (Fsp3) is 0.154. The van der Waals surface area contributed by atoms with E-state index < -0.39 is 0 Å². The zero-order valence-electron chi connectivity index (χ0n) is 18.2. The normalized spacial score (nSPS) is 15.4. The third-order valence-electron chi connectivity index (χ3n) is 5.66. The molecule has 4 aromatic rings. The van der Waals surface area contributed by atoms with E-state index in [1.165, 1.54) is 5.56 Å². The van der Waals surface area contributed by atoms with Gasteiger partial charge >= 0.3 is 0 Å². The number of hydrogen-bond donors (Lipinski definition) is 0. The summed E-state index contributed by atoms with van der Waals surface area (Å²) in [7, 11) is 3.36. The second-order valence-corrected chi connectivity index (χ2v) is 9.39. The summed E-state index contributed by atoms with van der Waals surface area (Å²) < 4.78 is 11.7. The average molecular weight is 520 g/mol. The maximum absolute atomic E-state index is 5.35. The Hall–Kier alpha value is -3.16. The van der Waals surface area contributed by atoms with E-state index in [2.05, 4.69) is 57.7 Å². The fourth-order valence-corrected chi connectivity index (χ4v) is 4.95. The number of hydrazone groups is 1. The van der Waals surface area contributed by atoms with Crippen LogP contribution in [0.2, 0.25) is 0 Å². The highest BCUT2D eigenvalue weighted by Gasteiger charge is 2.31. The van der Waals surface area contributed by atoms with Crippen LogP contribution in [-0.4, -0.2) is 24.9 Å². The van der Waals surface area contributed by atoms with E-state index in [1.807, 2.05) is 41.4 Å². The third kappa shape index (κ3) is 4.51. The maximum atomic E-state index is 5.35. The van der Waals surface area contributed by atoms with Crippen LogP contribution in [0.3, 0.4) is 0 Å². The van der Waals surface area contributed by atoms with Gasteiger partial charge in [0.2, 0.25) is 5.13 Å². The first kappa shape index (κ1) is 21.7. The molecule has 166 valence electrons. The fourth-order valence-electron chi connectivity index (χ4n) is 3.85. The largest absolute Gasteiger partial charge is 0.497 e. The molecule has 0 unspecified atom stereocenters. The van der Waals surface area contributed by atoms with Crippen LogP contribution >= 0.6 is 27.3 Å². The van der Waals surface area contributed by atoms with Crippen LogP contribution < -0.4 is 14.5 Å². The predicted octanol–water partition coefficient (Wildman–Crippen LogP) is 6.95. The smallest absolute Gasteiger partial charge is 0.207 e. The van der Waals surface area contributed by atoms with Crippen molar-refractivity contribution in [1.82, 2.24) is 4.98 Å². The van der Waals surface area contributed by atoms with Crippen molar-refractivity contribution in [3.05, 3.63) is 93.8 Å². The van der Waals surface area contributed by atoms with E-state index in [1.54, 1.807) is 25.6 Å². The first-order chi connectivity index (χ1) is 16.1. The summed E-state index contributed by atoms with van der Waals surface area (Å²) in [5.74, 6) is 1.67. The number of thiazole rings is 1. The van der Waals surface area contributed by atoms with Gasteiger partial charge in [-0.3, -0.25) is 0 Å². The van der Waals surface area contributed by atoms with Crippen molar-refractivity contribution in [2.24, 2.45) is 5.10 Å². The molecule has 7 heteroatoms. The summed E-state index contributed by atoms with van der Waals surface area (Å²) >= 11 is 5.10. The Labute approximate surface area is 205 Å². The third-order valence-corrected chi connectivity index (χ3v) is 7.02. The van der Waals surface area contributed by atoms with Crippen molar-refractivity contribution in [2.75, 3.05) is 19.2 Å². The van der Waals surface area contributed by atoms with Gasteiger partial charge in [-0.15, -0.1) is 11.3 Å². The summed E-state index contributed by atoms with van der Waals surface area (Å²) in [6.07, 6.45) is 0.784. The van der Waals surface area contributed by atoms with Crippen molar-refractivity contribution >= 4 is 38.1 Å². The summed E-state index contributed by atoms with van der Waals surface area (Å²) in [5.41, 5.74) is 5.31. The van der Waals surface area contributed by atoms with E-state index in [0.717, 1.165) is 50.1 Å². The van der Waals surface area contributed by atoms with Gasteiger partial charge in [0.25, 0.3) is 0 Å². The van der Waals surface area contributed by atoms with Crippen LogP contribution in [0.1, 0.15) is 23.6 Å². The van der Waals surface area contributed by atoms with Gasteiger partial charge in [-0.25, -0.2) is 9.99 Å². The Kier molecular flexibility index (Phi) is 6.15. The van der Waals surface area contributed by atoms with Crippen LogP contribution in [0, 0.1) is 0 Å². The molecule has 0 spiro atoms. The van der Waals surface area contributed by atoms with Crippen molar-refractivity contribution in [3.63, 3.8) is 0 Å². The highest BCUT2D eigenvalue weighted by atomic mass is 79.9. The molecule has 1 aliphatic rings. The summed E-state index contributed by atoms with van der Waals surface area (Å²) in [4.78, 5) is 4.93. The molecule has 0 fully saturated rings. The minimum absolute atomic E-state index is 0.0527. The SMILES string of the molecule is COc1ccc(C2=NN(c3nc(-c4ccc(Br)cc4)cs3)[C@@H](c3ccc(OC)cc3)C2)cc1. The highest BCUT2D eigenvalue weighted by molar-refractivity contribution is 9.10. The summed E-state index contributed by atoms with van der Waals surface area (Å²) in [6.45, 7) is 0. The lowest BCUT2D eigenvalue weighted by Crippen LogP contribution is -2.18. The van der Waals surface area contributed by atoms with E-state index in [-0.39, 0.29) is 6.04 Å². The first-order valence-corrected chi connectivity index (χ1v) is 12.2. The van der Waals surface area contributed by atoms with Gasteiger partial charge in [-0.1, -0.05) is 40.2 Å². The van der Waals surface area contributed by atoms with Gasteiger partial charge in [0.05, 0.1) is 31.7 Å². The van der Waals surface area contributed by atoms with Crippen LogP contribution in [0.15, 0.2) is 87.8 Å². The molecule has 2 heterocycles. The monoisotopic (exact) mass is 519 g/mol. The topological polar surface area (TPSA) is 47.0 Å². The van der Waals surface area contributed by atoms with Crippen molar-refractivity contribution in [2.45, 2.75) is 12.5 Å². The number of rotatable bonds is 6. The Bertz CT molecular complexity index is 1270. The number of ether oxygens (including phenoxy) is 2. The maximum Gasteiger partial charge on any atom is 0.207 e. The van der Waals surface area contributed by atoms with Gasteiger partial charge in [0, 0.05) is 21.8 Å². The van der Waals surface area contributed by atoms with Gasteiger partial charge < -0.3 is 9.47 Å². The Balaban J connectivity index is 1.51. The molecule has 1 aliphatic heterocycles. The standard InChI is InChI=1S/C26H22BrN3O2S/c1-31-21-11-5-17(6-12-21)23-15-25(19-7-13-22(32-2)14-8-19)30(29-23)26-28-24(16-33-26)18-3-9-20(27)10-4-18/h3-14,16,25H,15H2,1-2H3/t25-/m1/s1. The summed E-state index contributed by atoms with van der Waals surface area (Å²) in [6, 6.07) is 24.5. The molecule has 0 amide bonds. The molecule has 0 radical (unpaired) electrons. The van der Waals surface area contributed by atoms with Gasteiger partial charge in [0.15, 0.2) is 0 Å². The molecular formula is C26H22BrN3O2S. The molecule has 0 N–H and O–H groups in total. The van der Waals surface area contributed by atoms with Gasteiger partial charge in [-0.2, -0.15) is 5.10 Å². The van der Waals surface area contributed by atoms with E-state index in [0.29, 0.717) is 0 Å². The molecule has 0 bridgehead atoms. The number of aromatic nitrogens is 1. The minimum atomic E-state index is 0.0527. The zero-order chi connectivity index (χ0) is 22.8. The van der Waals surface area contributed by atoms with E-state index in [4.69, 9.17) is 19.6 Å². The Morgan fingerprint density at radius 3 is 2.09 bits per heavy atom. The first-order valence-electron chi connectivity index (χ1n) is 10.5. The van der Waals surface area contributed by atoms with Crippen LogP contribution in [0.25, 0.3) is 11.3 Å². The molecule has 5 rings (SSSR count). The molecule has 5 nitrogen and oxygen atoms in total. The lowest BCUT2D eigenvalue weighted by atomic mass is 9.98. The zero-order valence-corrected chi connectivity index (χ0v) is 20.6. The van der Waals surface area contributed by atoms with Crippen LogP contribution in [0.5, 0.6) is 11.5 Å². The number of benzene rings is 3. The second kappa shape index (κ2) is 9.37. The lowest BCUT2D eigenvalue weighted by molar-refractivity contribution is 0.414. The van der Waals surface area contributed by atoms with Gasteiger partial charge in [-0.05, 0) is 59.7 Å². The molecular weight excluding hydrogens is 498 g/mol. The quantitative estimate of drug-likeness (QED) is 0.276. The number of hydrogen-bond acceptors (Lipinski definition) is 6. The van der Waals surface area contributed by atoms with Crippen molar-refractivity contribution in [3.8, 4) is 22.8 Å². The lowest BCUT2D eigenvalue weighted by Gasteiger charge is -2.21. The molecule has 0 saturated heterocycles. The van der Waals surface area contributed by atoms with E-state index >= 15 is 0 Å². The number of halogens is 1. The molecule has 1 atom stereocenters. The molecule has 0 aliphatic carbocycles. The Morgan fingerprint density at radius 1 is 0.848 bits per heavy atom. The second-order valence-electron chi connectivity index (χ2n) is 7.64. The molecule has 33 heavy (non-hydrogen) atoms. The molecule has 0 saturated carbocycles. The van der Waals surface area contributed by atoms with E-state index in [9.17, 15) is 0 Å². The summed E-state index contributed by atoms with van der Waals surface area (Å²) in [5, 5.41) is 10.0. The van der Waals surface area contributed by atoms with Crippen molar-refractivity contribution in [1.29, 1.82) is 0 Å². The molecule has 3 aromatic carbocycles. The highest BCUT2D eigenvalue weighted by Crippen LogP contribution is 2.40. The Morgan fingerprint density at radius 2 is 1.45 bits per heavy atom. The number of methoxy groups -OCH3 is 2. The molecule has 1 aromatic heterocycles.